The van der Waals surface area contributed by atoms with Gasteiger partial charge in [-0.2, -0.15) is 9.78 Å². The number of benzene rings is 2. The maximum Gasteiger partial charge on any atom is 0.284 e. The largest absolute Gasteiger partial charge is 0.330 e. The highest BCUT2D eigenvalue weighted by Crippen LogP contribution is 2.24. The van der Waals surface area contributed by atoms with Crippen LogP contribution in [-0.2, 0) is 0 Å². The van der Waals surface area contributed by atoms with Gasteiger partial charge in [-0.25, -0.2) is 0 Å². The first-order valence-electron chi connectivity index (χ1n) is 6.70. The number of aromatic amines is 1. The molecule has 3 rings (SSSR count). The second-order valence-corrected chi connectivity index (χ2v) is 6.05. The Morgan fingerprint density at radius 1 is 1.29 bits per heavy atom. The van der Waals surface area contributed by atoms with E-state index in [2.05, 4.69) is 26.0 Å². The normalized spacial score (nSPS) is 11.2. The topological polar surface area (TPSA) is 93.3 Å². The van der Waals surface area contributed by atoms with Crippen molar-refractivity contribution in [2.75, 3.05) is 0 Å². The van der Waals surface area contributed by atoms with Crippen LogP contribution in [0.1, 0.15) is 5.56 Å². The minimum atomic E-state index is -0.504. The van der Waals surface area contributed by atoms with Crippen molar-refractivity contribution in [2.45, 2.75) is 0 Å². The van der Waals surface area contributed by atoms with Gasteiger partial charge in [0.25, 0.3) is 11.2 Å². The molecule has 0 saturated heterocycles. The summed E-state index contributed by atoms with van der Waals surface area (Å²) in [5.41, 5.74) is 0.643. The fraction of sp³-hybridized carbons (Fsp3) is 0. The highest BCUT2D eigenvalue weighted by atomic mass is 79.9. The van der Waals surface area contributed by atoms with Gasteiger partial charge in [0.05, 0.1) is 26.5 Å². The van der Waals surface area contributed by atoms with E-state index in [1.54, 1.807) is 36.4 Å². The van der Waals surface area contributed by atoms with Crippen LogP contribution in [-0.4, -0.2) is 20.8 Å². The Kier molecular flexibility index (Phi) is 4.36. The Morgan fingerprint density at radius 2 is 2.04 bits per heavy atom. The van der Waals surface area contributed by atoms with Crippen molar-refractivity contribution >= 4 is 51.0 Å². The van der Waals surface area contributed by atoms with E-state index in [0.717, 1.165) is 4.68 Å². The van der Waals surface area contributed by atoms with E-state index >= 15 is 0 Å². The second-order valence-electron chi connectivity index (χ2n) is 4.81. The average molecular weight is 405 g/mol. The summed E-state index contributed by atoms with van der Waals surface area (Å²) in [4.78, 5) is 25.8. The Bertz CT molecular complexity index is 1100. The summed E-state index contributed by atoms with van der Waals surface area (Å²) in [6, 6.07) is 11.5. The molecule has 7 nitrogen and oxygen atoms in total. The van der Waals surface area contributed by atoms with Crippen LogP contribution in [0.4, 0.5) is 5.69 Å². The molecule has 0 spiro atoms. The fourth-order valence-corrected chi connectivity index (χ4v) is 2.76. The van der Waals surface area contributed by atoms with Gasteiger partial charge in [0.1, 0.15) is 0 Å². The third-order valence-electron chi connectivity index (χ3n) is 3.27. The first-order valence-corrected chi connectivity index (χ1v) is 7.90. The third-order valence-corrected chi connectivity index (χ3v) is 4.22. The highest BCUT2D eigenvalue weighted by molar-refractivity contribution is 9.10. The summed E-state index contributed by atoms with van der Waals surface area (Å²) in [6.45, 7) is 0. The molecule has 9 heteroatoms. The van der Waals surface area contributed by atoms with Gasteiger partial charge in [-0.05, 0) is 46.3 Å². The molecule has 0 bridgehead atoms. The summed E-state index contributed by atoms with van der Waals surface area (Å²) in [5, 5.41) is 15.5. The van der Waals surface area contributed by atoms with Gasteiger partial charge < -0.3 is 4.98 Å². The molecular formula is C15H9BrN4O3S. The van der Waals surface area contributed by atoms with Gasteiger partial charge in [0.2, 0.25) is 4.77 Å². The van der Waals surface area contributed by atoms with Gasteiger partial charge in [-0.3, -0.25) is 14.9 Å². The van der Waals surface area contributed by atoms with Crippen LogP contribution in [0.25, 0.3) is 10.9 Å². The molecule has 2 aromatic carbocycles. The second kappa shape index (κ2) is 6.46. The lowest BCUT2D eigenvalue weighted by atomic mass is 10.2. The molecule has 0 aliphatic rings. The number of nitro benzene ring substituents is 1. The van der Waals surface area contributed by atoms with E-state index in [0.29, 0.717) is 20.9 Å². The van der Waals surface area contributed by atoms with Crippen LogP contribution in [0, 0.1) is 14.9 Å². The molecule has 3 aromatic rings. The van der Waals surface area contributed by atoms with Gasteiger partial charge in [0, 0.05) is 11.6 Å². The summed E-state index contributed by atoms with van der Waals surface area (Å²) in [6.07, 6.45) is 1.35. The summed E-state index contributed by atoms with van der Waals surface area (Å²) < 4.78 is 1.55. The number of halogens is 1. The van der Waals surface area contributed by atoms with Crippen molar-refractivity contribution in [2.24, 2.45) is 5.10 Å². The van der Waals surface area contributed by atoms with Gasteiger partial charge in [0.15, 0.2) is 0 Å². The van der Waals surface area contributed by atoms with Crippen LogP contribution in [0.3, 0.4) is 0 Å². The Labute approximate surface area is 148 Å². The molecule has 0 amide bonds. The predicted molar refractivity (Wildman–Crippen MR) is 97.2 cm³/mol. The van der Waals surface area contributed by atoms with Crippen LogP contribution >= 0.6 is 28.1 Å². The SMILES string of the molecule is O=c1c2ccccc2[nH]c(=S)n1/N=C\c1ccc(Br)c([N+](=O)[O-])c1. The number of fused-ring (bicyclic) bond motifs is 1. The minimum Gasteiger partial charge on any atom is -0.330 e. The zero-order valence-electron chi connectivity index (χ0n) is 12.0. The standard InChI is InChI=1S/C15H9BrN4O3S/c16-11-6-5-9(7-13(11)20(22)23)8-17-19-14(21)10-3-1-2-4-12(10)18-15(19)24/h1-8H,(H,18,24)/b17-8-. The maximum absolute atomic E-state index is 12.4. The smallest absolute Gasteiger partial charge is 0.284 e. The van der Waals surface area contributed by atoms with Gasteiger partial charge in [-0.1, -0.05) is 18.2 Å². The van der Waals surface area contributed by atoms with Crippen LogP contribution in [0.5, 0.6) is 0 Å². The summed E-state index contributed by atoms with van der Waals surface area (Å²) >= 11 is 8.26. The van der Waals surface area contributed by atoms with E-state index in [1.165, 1.54) is 12.3 Å². The number of para-hydroxylation sites is 1. The molecule has 0 aliphatic carbocycles. The Hall–Kier alpha value is -2.65. The minimum absolute atomic E-state index is 0.0880. The number of nitro groups is 1. The van der Waals surface area contributed by atoms with Crippen molar-refractivity contribution < 1.29 is 4.92 Å². The third kappa shape index (κ3) is 3.03. The number of aromatic nitrogens is 2. The average Bonchev–Trinajstić information content (AvgIpc) is 2.55. The van der Waals surface area contributed by atoms with E-state index in [4.69, 9.17) is 12.2 Å². The van der Waals surface area contributed by atoms with Crippen molar-refractivity contribution in [1.29, 1.82) is 0 Å². The van der Waals surface area contributed by atoms with E-state index < -0.39 is 4.92 Å². The zero-order chi connectivity index (χ0) is 17.3. The lowest BCUT2D eigenvalue weighted by Gasteiger charge is -2.02. The highest BCUT2D eigenvalue weighted by Gasteiger charge is 2.11. The molecule has 1 aromatic heterocycles. The molecule has 1 N–H and O–H groups in total. The number of hydrogen-bond donors (Lipinski definition) is 1. The molecular weight excluding hydrogens is 396 g/mol. The first kappa shape index (κ1) is 16.2. The molecule has 120 valence electrons. The number of nitrogens with one attached hydrogen (secondary N) is 1. The van der Waals surface area contributed by atoms with Crippen molar-refractivity contribution in [3.63, 3.8) is 0 Å². The number of hydrogen-bond acceptors (Lipinski definition) is 5. The Morgan fingerprint density at radius 3 is 2.79 bits per heavy atom. The first-order chi connectivity index (χ1) is 11.5. The number of H-pyrrole nitrogens is 1. The number of rotatable bonds is 3. The lowest BCUT2D eigenvalue weighted by Crippen LogP contribution is -2.18. The van der Waals surface area contributed by atoms with E-state index in [1.807, 2.05) is 0 Å². The molecule has 0 aliphatic heterocycles. The van der Waals surface area contributed by atoms with Crippen molar-refractivity contribution in [3.8, 4) is 0 Å². The number of nitrogens with zero attached hydrogens (tertiary/aromatic N) is 3. The van der Waals surface area contributed by atoms with Crippen molar-refractivity contribution in [1.82, 2.24) is 9.66 Å². The van der Waals surface area contributed by atoms with E-state index in [-0.39, 0.29) is 16.0 Å². The lowest BCUT2D eigenvalue weighted by molar-refractivity contribution is -0.385. The molecule has 0 fully saturated rings. The molecule has 0 saturated carbocycles. The molecule has 1 heterocycles. The maximum atomic E-state index is 12.4. The van der Waals surface area contributed by atoms with Crippen LogP contribution < -0.4 is 5.56 Å². The molecule has 0 radical (unpaired) electrons. The predicted octanol–water partition coefficient (Wildman–Crippen LogP) is 3.61. The van der Waals surface area contributed by atoms with Gasteiger partial charge >= 0.3 is 0 Å². The van der Waals surface area contributed by atoms with Gasteiger partial charge in [-0.15, -0.1) is 0 Å². The van der Waals surface area contributed by atoms with Crippen LogP contribution in [0.15, 0.2) is 56.8 Å². The Balaban J connectivity index is 2.09. The van der Waals surface area contributed by atoms with Crippen LogP contribution in [0.2, 0.25) is 0 Å². The summed E-state index contributed by atoms with van der Waals surface area (Å²) in [7, 11) is 0. The molecule has 0 unspecified atom stereocenters. The van der Waals surface area contributed by atoms with E-state index in [9.17, 15) is 14.9 Å². The quantitative estimate of drug-likeness (QED) is 0.312. The van der Waals surface area contributed by atoms with Crippen molar-refractivity contribution in [3.05, 3.63) is 77.7 Å². The summed E-state index contributed by atoms with van der Waals surface area (Å²) in [5.74, 6) is 0. The molecule has 24 heavy (non-hydrogen) atoms. The monoisotopic (exact) mass is 404 g/mol. The fourth-order valence-electron chi connectivity index (χ4n) is 2.13. The molecule has 0 atom stereocenters. The zero-order valence-corrected chi connectivity index (χ0v) is 14.4.